The van der Waals surface area contributed by atoms with Crippen LogP contribution in [0.2, 0.25) is 0 Å². The number of carboxylic acid groups (broad SMARTS) is 1. The molecular formula is C51H54F2N8O7. The molecule has 2 saturated heterocycles. The fraction of sp³-hybridized carbons (Fsp3) is 0.373. The number of hydrogen-bond donors (Lipinski definition) is 5. The molecule has 17 heteroatoms. The third-order valence-corrected chi connectivity index (χ3v) is 12.9. The molecule has 2 aliphatic rings. The van der Waals surface area contributed by atoms with Crippen LogP contribution >= 0.6 is 0 Å². The Morgan fingerprint density at radius 2 is 1.40 bits per heavy atom. The van der Waals surface area contributed by atoms with Gasteiger partial charge in [0, 0.05) is 29.8 Å². The number of rotatable bonds is 12. The summed E-state index contributed by atoms with van der Waals surface area (Å²) in [7, 11) is 0. The van der Waals surface area contributed by atoms with Gasteiger partial charge in [0.15, 0.2) is 0 Å². The Bertz CT molecular complexity index is 3040. The van der Waals surface area contributed by atoms with E-state index in [0.29, 0.717) is 42.1 Å². The molecular weight excluding hydrogens is 875 g/mol. The normalized spacial score (nSPS) is 18.6. The molecule has 7 aromatic rings. The number of H-pyrrole nitrogens is 2. The van der Waals surface area contributed by atoms with Gasteiger partial charge < -0.3 is 45.0 Å². The smallest absolute Gasteiger partial charge is 0.408 e. The topological polar surface area (TPSA) is 195 Å². The highest BCUT2D eigenvalue weighted by Crippen LogP contribution is 2.40. The van der Waals surface area contributed by atoms with Crippen LogP contribution in [-0.4, -0.2) is 96.8 Å². The van der Waals surface area contributed by atoms with Crippen LogP contribution < -0.4 is 10.6 Å². The van der Waals surface area contributed by atoms with E-state index in [0.717, 1.165) is 55.6 Å². The van der Waals surface area contributed by atoms with Crippen LogP contribution in [0.15, 0.2) is 91.0 Å². The first-order valence-electron chi connectivity index (χ1n) is 22.9. The molecule has 0 unspecified atom stereocenters. The minimum absolute atomic E-state index is 0.0998. The van der Waals surface area contributed by atoms with Gasteiger partial charge >= 0.3 is 18.8 Å². The van der Waals surface area contributed by atoms with E-state index in [1.54, 1.807) is 60.9 Å². The Morgan fingerprint density at radius 3 is 1.96 bits per heavy atom. The molecule has 5 aromatic carbocycles. The number of likely N-dealkylation sites (tertiary alicyclic amines) is 2. The van der Waals surface area contributed by atoms with Gasteiger partial charge in [-0.3, -0.25) is 9.59 Å². The van der Waals surface area contributed by atoms with Crippen molar-refractivity contribution in [2.24, 2.45) is 11.8 Å². The molecule has 2 aromatic heterocycles. The minimum atomic E-state index is -2.97. The van der Waals surface area contributed by atoms with Crippen molar-refractivity contribution in [3.05, 3.63) is 108 Å². The second-order valence-electron chi connectivity index (χ2n) is 19.1. The summed E-state index contributed by atoms with van der Waals surface area (Å²) in [6, 6.07) is 26.2. The molecule has 2 fully saturated rings. The molecule has 354 valence electrons. The zero-order chi connectivity index (χ0) is 48.0. The molecule has 68 heavy (non-hydrogen) atoms. The Morgan fingerprint density at radius 1 is 0.794 bits per heavy atom. The fourth-order valence-electron chi connectivity index (χ4n) is 9.75. The zero-order valence-corrected chi connectivity index (χ0v) is 38.4. The Kier molecular flexibility index (Phi) is 12.5. The maximum absolute atomic E-state index is 14.6. The van der Waals surface area contributed by atoms with Crippen LogP contribution in [0, 0.1) is 11.8 Å². The van der Waals surface area contributed by atoms with Crippen molar-refractivity contribution in [1.82, 2.24) is 40.4 Å². The summed E-state index contributed by atoms with van der Waals surface area (Å²) in [6.45, 7) is 6.22. The molecule has 0 radical (unpaired) electrons. The first kappa shape index (κ1) is 46.0. The predicted molar refractivity (Wildman–Crippen MR) is 253 cm³/mol. The summed E-state index contributed by atoms with van der Waals surface area (Å²) in [5, 5.41) is 18.4. The first-order valence-corrected chi connectivity index (χ1v) is 22.9. The average Bonchev–Trinajstić information content (AvgIpc) is 4.13. The molecule has 0 aliphatic carbocycles. The molecule has 4 heterocycles. The first-order chi connectivity index (χ1) is 32.5. The zero-order valence-electron chi connectivity index (χ0n) is 38.4. The number of nitrogens with zero attached hydrogens (tertiary/aromatic N) is 4. The number of imidazole rings is 2. The van der Waals surface area contributed by atoms with Crippen molar-refractivity contribution < 1.29 is 42.5 Å². The van der Waals surface area contributed by atoms with Gasteiger partial charge in [-0.1, -0.05) is 80.6 Å². The summed E-state index contributed by atoms with van der Waals surface area (Å²) in [6.07, 6.45) is -0.216. The molecule has 0 bridgehead atoms. The van der Waals surface area contributed by atoms with E-state index < -0.39 is 54.3 Å². The summed E-state index contributed by atoms with van der Waals surface area (Å²) < 4.78 is 36.8. The van der Waals surface area contributed by atoms with Gasteiger partial charge in [-0.15, -0.1) is 0 Å². The highest BCUT2D eigenvalue weighted by molar-refractivity contribution is 6.07. The number of benzene rings is 5. The molecule has 9 rings (SSSR count). The number of fused-ring (bicyclic) bond motifs is 6. The van der Waals surface area contributed by atoms with Gasteiger partial charge in [0.2, 0.25) is 5.91 Å². The summed E-state index contributed by atoms with van der Waals surface area (Å²) in [5.74, 6) is -0.198. The molecule has 2 aliphatic heterocycles. The molecule has 5 N–H and O–H groups in total. The number of carbonyl (C=O) groups is 4. The summed E-state index contributed by atoms with van der Waals surface area (Å²) in [4.78, 5) is 73.0. The van der Waals surface area contributed by atoms with Crippen LogP contribution in [0.1, 0.15) is 89.2 Å². The number of hydrogen-bond acceptors (Lipinski definition) is 8. The van der Waals surface area contributed by atoms with Gasteiger partial charge in [-0.2, -0.15) is 8.78 Å². The lowest BCUT2D eigenvalue weighted by atomic mass is 9.98. The maximum atomic E-state index is 14.6. The second kappa shape index (κ2) is 18.5. The van der Waals surface area contributed by atoms with E-state index in [4.69, 9.17) is 19.4 Å². The number of halogens is 2. The Hall–Kier alpha value is -7.14. The number of aromatic amines is 2. The van der Waals surface area contributed by atoms with E-state index in [2.05, 4.69) is 44.9 Å². The quantitative estimate of drug-likeness (QED) is 0.0793. The highest BCUT2D eigenvalue weighted by atomic mass is 19.3. The average molecular weight is 929 g/mol. The molecule has 5 atom stereocenters. The fourth-order valence-corrected chi connectivity index (χ4v) is 9.75. The van der Waals surface area contributed by atoms with Crippen LogP contribution in [-0.2, 0) is 19.1 Å². The van der Waals surface area contributed by atoms with E-state index >= 15 is 0 Å². The van der Waals surface area contributed by atoms with E-state index in [-0.39, 0.29) is 31.0 Å². The molecule has 0 saturated carbocycles. The van der Waals surface area contributed by atoms with Gasteiger partial charge in [0.25, 0.3) is 5.91 Å². The van der Waals surface area contributed by atoms with Crippen molar-refractivity contribution >= 4 is 67.6 Å². The number of nitrogens with one attached hydrogen (secondary N) is 4. The Labute approximate surface area is 390 Å². The second-order valence-corrected chi connectivity index (χ2v) is 19.1. The van der Waals surface area contributed by atoms with E-state index in [1.165, 1.54) is 0 Å². The molecule has 15 nitrogen and oxygen atoms in total. The predicted octanol–water partition coefficient (Wildman–Crippen LogP) is 9.76. The number of amides is 4. The lowest BCUT2D eigenvalue weighted by Gasteiger charge is -2.29. The van der Waals surface area contributed by atoms with Crippen molar-refractivity contribution in [2.75, 3.05) is 19.7 Å². The van der Waals surface area contributed by atoms with Crippen LogP contribution in [0.4, 0.5) is 18.4 Å². The van der Waals surface area contributed by atoms with Crippen LogP contribution in [0.3, 0.4) is 0 Å². The van der Waals surface area contributed by atoms with Gasteiger partial charge in [0.05, 0.1) is 40.8 Å². The summed E-state index contributed by atoms with van der Waals surface area (Å²) in [5.41, 5.74) is 4.74. The number of alkyl halides is 2. The third-order valence-electron chi connectivity index (χ3n) is 12.9. The number of ether oxygens (including phenoxy) is 2. The van der Waals surface area contributed by atoms with Crippen LogP contribution in [0.25, 0.3) is 54.7 Å². The number of aromatic nitrogens is 4. The van der Waals surface area contributed by atoms with Gasteiger partial charge in [-0.05, 0) is 97.7 Å². The molecule has 0 spiro atoms. The molecule has 4 amide bonds. The van der Waals surface area contributed by atoms with Crippen molar-refractivity contribution in [2.45, 2.75) is 90.3 Å². The standard InChI is InChI=1S/C51H54F2N8O7/c1-27(2)40(58-49(64)65)46(62)60-21-9-12-38(60)44-54-36-19-15-32-23-30(13-17-34(32)42(36)56-44)31-14-18-35-33(24-31)16-20-37-43(35)57-45(55-37)39-22-28(26-67-48(52)53)25-61(39)47(63)41(29-10-7-6-8-11-29)59-50(66)68-51(3,4)5/h6-8,10-11,13-20,23-24,27-28,38-41,48,58H,9,12,21-22,25-26H2,1-5H3,(H,54,56)(H,55,57)(H,59,66)(H,64,65)/t28-,38-,39-,40-,41+/m0/s1. The monoisotopic (exact) mass is 928 g/mol. The van der Waals surface area contributed by atoms with E-state index in [9.17, 15) is 33.1 Å². The third kappa shape index (κ3) is 9.39. The number of alkyl carbamates (subject to hydrolysis) is 1. The lowest BCUT2D eigenvalue weighted by molar-refractivity contribution is -0.139. The van der Waals surface area contributed by atoms with Gasteiger partial charge in [-0.25, -0.2) is 19.6 Å². The van der Waals surface area contributed by atoms with E-state index in [1.807, 2.05) is 50.2 Å². The number of carbonyl (C=O) groups excluding carboxylic acids is 3. The van der Waals surface area contributed by atoms with Crippen molar-refractivity contribution in [1.29, 1.82) is 0 Å². The van der Waals surface area contributed by atoms with Gasteiger partial charge in [0.1, 0.15) is 29.3 Å². The van der Waals surface area contributed by atoms with Crippen LogP contribution in [0.5, 0.6) is 0 Å². The Balaban J connectivity index is 0.994. The van der Waals surface area contributed by atoms with Crippen molar-refractivity contribution in [3.8, 4) is 11.1 Å². The lowest BCUT2D eigenvalue weighted by Crippen LogP contribution is -2.50. The minimum Gasteiger partial charge on any atom is -0.465 e. The van der Waals surface area contributed by atoms with Crippen molar-refractivity contribution in [3.63, 3.8) is 0 Å². The maximum Gasteiger partial charge on any atom is 0.408 e. The largest absolute Gasteiger partial charge is 0.465 e. The SMILES string of the molecule is CC(C)[C@H](NC(=O)O)C(=O)N1CCC[C@H]1c1nc2ccc3cc(-c4ccc5c(ccc6nc([C@@H]7C[C@H](COC(F)F)CN7C(=O)[C@H](NC(=O)OC(C)(C)C)c7ccccc7)[nH]c65)c4)ccc3c2[nH]1. The summed E-state index contributed by atoms with van der Waals surface area (Å²) >= 11 is 0. The highest BCUT2D eigenvalue weighted by Gasteiger charge is 2.42.